The highest BCUT2D eigenvalue weighted by Crippen LogP contribution is 2.22. The van der Waals surface area contributed by atoms with E-state index in [1.54, 1.807) is 0 Å². The van der Waals surface area contributed by atoms with E-state index in [0.717, 1.165) is 24.5 Å². The van der Waals surface area contributed by atoms with Crippen molar-refractivity contribution >= 4 is 23.3 Å². The molecule has 142 valence electrons. The molecule has 1 saturated heterocycles. The molecule has 0 saturated carbocycles. The molecule has 0 radical (unpaired) electrons. The topological polar surface area (TPSA) is 88.1 Å². The summed E-state index contributed by atoms with van der Waals surface area (Å²) in [6.07, 6.45) is 3.86. The maximum absolute atomic E-state index is 8.65. The third-order valence-electron chi connectivity index (χ3n) is 4.45. The Morgan fingerprint density at radius 1 is 1.19 bits per heavy atom. The Morgan fingerprint density at radius 2 is 1.89 bits per heavy atom. The van der Waals surface area contributed by atoms with Crippen molar-refractivity contribution in [1.82, 2.24) is 9.97 Å². The van der Waals surface area contributed by atoms with Gasteiger partial charge in [-0.3, -0.25) is 5.41 Å². The molecular weight excluding hydrogens is 338 g/mol. The Balaban J connectivity index is 1.91. The van der Waals surface area contributed by atoms with Crippen molar-refractivity contribution in [1.29, 1.82) is 5.41 Å². The molecule has 3 rings (SSSR count). The molecule has 27 heavy (non-hydrogen) atoms. The Kier molecular flexibility index (Phi) is 5.56. The van der Waals surface area contributed by atoms with Gasteiger partial charge in [-0.1, -0.05) is 17.7 Å². The van der Waals surface area contributed by atoms with E-state index in [9.17, 15) is 0 Å². The molecular formula is C21H27N5O. The minimum atomic E-state index is 0.142. The SMILES string of the molecule is CC(C)=Cc1ccc(N)c(C(=N)c2cc(N3CC(C)OC(C)C3)ncn2)c1. The highest BCUT2D eigenvalue weighted by molar-refractivity contribution is 6.13. The van der Waals surface area contributed by atoms with Crippen molar-refractivity contribution in [3.8, 4) is 0 Å². The van der Waals surface area contributed by atoms with Crippen LogP contribution in [0, 0.1) is 5.41 Å². The number of nitrogens with two attached hydrogens (primary N) is 1. The zero-order valence-corrected chi connectivity index (χ0v) is 16.4. The van der Waals surface area contributed by atoms with E-state index < -0.39 is 0 Å². The lowest BCUT2D eigenvalue weighted by Gasteiger charge is -2.36. The van der Waals surface area contributed by atoms with Gasteiger partial charge in [-0.25, -0.2) is 9.97 Å². The molecule has 6 nitrogen and oxygen atoms in total. The van der Waals surface area contributed by atoms with Crippen LogP contribution in [0.25, 0.3) is 6.08 Å². The number of hydrogen-bond donors (Lipinski definition) is 2. The highest BCUT2D eigenvalue weighted by atomic mass is 16.5. The Hall–Kier alpha value is -2.73. The van der Waals surface area contributed by atoms with Gasteiger partial charge < -0.3 is 15.4 Å². The second-order valence-corrected chi connectivity index (χ2v) is 7.37. The van der Waals surface area contributed by atoms with Crippen LogP contribution < -0.4 is 10.6 Å². The molecule has 3 N–H and O–H groups in total. The lowest BCUT2D eigenvalue weighted by atomic mass is 10.0. The normalized spacial score (nSPS) is 19.6. The number of benzene rings is 1. The third-order valence-corrected chi connectivity index (χ3v) is 4.45. The van der Waals surface area contributed by atoms with Gasteiger partial charge in [0.05, 0.1) is 23.6 Å². The first kappa shape index (κ1) is 19.0. The molecule has 1 aliphatic rings. The predicted molar refractivity (Wildman–Crippen MR) is 110 cm³/mol. The number of morpholine rings is 1. The average molecular weight is 365 g/mol. The molecule has 1 aromatic carbocycles. The summed E-state index contributed by atoms with van der Waals surface area (Å²) in [5, 5.41) is 8.65. The number of ether oxygens (including phenoxy) is 1. The number of allylic oxidation sites excluding steroid dienone is 1. The smallest absolute Gasteiger partial charge is 0.132 e. The van der Waals surface area contributed by atoms with Gasteiger partial charge in [-0.05, 0) is 45.4 Å². The summed E-state index contributed by atoms with van der Waals surface area (Å²) in [4.78, 5) is 10.9. The Morgan fingerprint density at radius 3 is 2.56 bits per heavy atom. The number of nitrogen functional groups attached to an aromatic ring is 1. The quantitative estimate of drug-likeness (QED) is 0.639. The van der Waals surface area contributed by atoms with E-state index in [0.29, 0.717) is 22.7 Å². The van der Waals surface area contributed by atoms with Crippen molar-refractivity contribution in [3.05, 3.63) is 53.0 Å². The largest absolute Gasteiger partial charge is 0.398 e. The Bertz CT molecular complexity index is 863. The molecule has 2 aromatic rings. The summed E-state index contributed by atoms with van der Waals surface area (Å²) in [5.41, 5.74) is 10.5. The fourth-order valence-electron chi connectivity index (χ4n) is 3.37. The number of rotatable bonds is 4. The Labute approximate surface area is 160 Å². The van der Waals surface area contributed by atoms with Crippen LogP contribution in [0.3, 0.4) is 0 Å². The molecule has 0 bridgehead atoms. The van der Waals surface area contributed by atoms with Crippen molar-refractivity contribution < 1.29 is 4.74 Å². The molecule has 0 amide bonds. The van der Waals surface area contributed by atoms with E-state index in [2.05, 4.69) is 34.8 Å². The van der Waals surface area contributed by atoms with Gasteiger partial charge in [0.1, 0.15) is 12.1 Å². The van der Waals surface area contributed by atoms with Crippen LogP contribution in [0.15, 0.2) is 36.2 Å². The van der Waals surface area contributed by atoms with Gasteiger partial charge >= 0.3 is 0 Å². The maximum Gasteiger partial charge on any atom is 0.132 e. The van der Waals surface area contributed by atoms with Crippen LogP contribution in [0.1, 0.15) is 44.5 Å². The van der Waals surface area contributed by atoms with E-state index >= 15 is 0 Å². The number of hydrogen-bond acceptors (Lipinski definition) is 6. The average Bonchev–Trinajstić information content (AvgIpc) is 2.61. The van der Waals surface area contributed by atoms with E-state index in [4.69, 9.17) is 15.9 Å². The van der Waals surface area contributed by atoms with Gasteiger partial charge in [-0.2, -0.15) is 0 Å². The first-order valence-electron chi connectivity index (χ1n) is 9.19. The molecule has 2 heterocycles. The summed E-state index contributed by atoms with van der Waals surface area (Å²) in [5.74, 6) is 0.811. The first-order chi connectivity index (χ1) is 12.8. The summed E-state index contributed by atoms with van der Waals surface area (Å²) < 4.78 is 5.80. The molecule has 1 fully saturated rings. The summed E-state index contributed by atoms with van der Waals surface area (Å²) in [7, 11) is 0. The number of nitrogens with zero attached hydrogens (tertiary/aromatic N) is 3. The van der Waals surface area contributed by atoms with Crippen LogP contribution >= 0.6 is 0 Å². The van der Waals surface area contributed by atoms with E-state index in [1.807, 2.05) is 38.1 Å². The summed E-state index contributed by atoms with van der Waals surface area (Å²) >= 11 is 0. The van der Waals surface area contributed by atoms with Gasteiger partial charge in [0.25, 0.3) is 0 Å². The molecule has 0 aliphatic carbocycles. The third kappa shape index (κ3) is 4.52. The molecule has 6 heteroatoms. The molecule has 0 spiro atoms. The van der Waals surface area contributed by atoms with Gasteiger partial charge in [-0.15, -0.1) is 0 Å². The number of anilines is 2. The van der Waals surface area contributed by atoms with Gasteiger partial charge in [0.2, 0.25) is 0 Å². The van der Waals surface area contributed by atoms with Gasteiger partial charge in [0.15, 0.2) is 0 Å². The molecule has 1 aromatic heterocycles. The zero-order chi connectivity index (χ0) is 19.6. The van der Waals surface area contributed by atoms with Crippen LogP contribution in [0.5, 0.6) is 0 Å². The monoisotopic (exact) mass is 365 g/mol. The van der Waals surface area contributed by atoms with Crippen LogP contribution in [-0.4, -0.2) is 41.0 Å². The second-order valence-electron chi connectivity index (χ2n) is 7.37. The van der Waals surface area contributed by atoms with Gasteiger partial charge in [0, 0.05) is 30.4 Å². The van der Waals surface area contributed by atoms with Crippen LogP contribution in [0.2, 0.25) is 0 Å². The van der Waals surface area contributed by atoms with E-state index in [-0.39, 0.29) is 12.2 Å². The standard InChI is InChI=1S/C21H27N5O/c1-13(2)7-16-5-6-18(22)17(8-16)21(23)19-9-20(25-12-24-19)26-10-14(3)27-15(4)11-26/h5-9,12,14-15,23H,10-11,22H2,1-4H3. The maximum atomic E-state index is 8.65. The minimum Gasteiger partial charge on any atom is -0.398 e. The van der Waals surface area contributed by atoms with Crippen molar-refractivity contribution in [2.24, 2.45) is 0 Å². The zero-order valence-electron chi connectivity index (χ0n) is 16.4. The van der Waals surface area contributed by atoms with Crippen molar-refractivity contribution in [2.45, 2.75) is 39.9 Å². The fourth-order valence-corrected chi connectivity index (χ4v) is 3.37. The van der Waals surface area contributed by atoms with E-state index in [1.165, 1.54) is 11.9 Å². The number of nitrogens with one attached hydrogen (secondary N) is 1. The molecule has 1 aliphatic heterocycles. The molecule has 2 unspecified atom stereocenters. The summed E-state index contributed by atoms with van der Waals surface area (Å²) in [6.45, 7) is 9.74. The van der Waals surface area contributed by atoms with Crippen molar-refractivity contribution in [3.63, 3.8) is 0 Å². The minimum absolute atomic E-state index is 0.142. The fraction of sp³-hybridized carbons (Fsp3) is 0.381. The second kappa shape index (κ2) is 7.88. The van der Waals surface area contributed by atoms with Crippen molar-refractivity contribution in [2.75, 3.05) is 23.7 Å². The van der Waals surface area contributed by atoms with Crippen LogP contribution in [0.4, 0.5) is 11.5 Å². The lowest BCUT2D eigenvalue weighted by molar-refractivity contribution is -0.00546. The molecule has 2 atom stereocenters. The highest BCUT2D eigenvalue weighted by Gasteiger charge is 2.24. The van der Waals surface area contributed by atoms with Crippen LogP contribution in [-0.2, 0) is 4.74 Å². The lowest BCUT2D eigenvalue weighted by Crippen LogP contribution is -2.45. The number of aromatic nitrogens is 2. The first-order valence-corrected chi connectivity index (χ1v) is 9.19. The summed E-state index contributed by atoms with van der Waals surface area (Å²) in [6, 6.07) is 7.60. The predicted octanol–water partition coefficient (Wildman–Crippen LogP) is 3.51.